The first-order chi connectivity index (χ1) is 15.7. The number of halogens is 6. The van der Waals surface area contributed by atoms with Crippen molar-refractivity contribution in [3.63, 3.8) is 0 Å². The average Bonchev–Trinajstić information content (AvgIpc) is 2.74. The van der Waals surface area contributed by atoms with Gasteiger partial charge in [-0.2, -0.15) is 38.1 Å². The summed E-state index contributed by atoms with van der Waals surface area (Å²) >= 11 is 2.08. The van der Waals surface area contributed by atoms with Crippen LogP contribution >= 0.6 is 11.8 Å². The lowest BCUT2D eigenvalue weighted by Gasteiger charge is -2.40. The third-order valence-electron chi connectivity index (χ3n) is 4.83. The largest absolute Gasteiger partial charge is 0.490 e. The van der Waals surface area contributed by atoms with Crippen molar-refractivity contribution >= 4 is 23.7 Å². The Balaban J connectivity index is 0.000000343. The number of aromatic amines is 1. The van der Waals surface area contributed by atoms with Crippen LogP contribution in [0, 0.1) is 0 Å². The molecule has 1 aromatic rings. The number of aromatic nitrogens is 1. The number of nitrogens with zero attached hydrogens (tertiary/aromatic N) is 2. The lowest BCUT2D eigenvalue weighted by molar-refractivity contribution is -0.193. The van der Waals surface area contributed by atoms with Gasteiger partial charge in [0.2, 0.25) is 5.56 Å². The van der Waals surface area contributed by atoms with Crippen molar-refractivity contribution in [3.8, 4) is 0 Å². The summed E-state index contributed by atoms with van der Waals surface area (Å²) in [4.78, 5) is 37.2. The highest BCUT2D eigenvalue weighted by atomic mass is 32.2. The van der Waals surface area contributed by atoms with E-state index in [-0.39, 0.29) is 5.56 Å². The molecular weight excluding hydrogens is 496 g/mol. The molecule has 8 nitrogen and oxygen atoms in total. The maximum absolute atomic E-state index is 11.3. The summed E-state index contributed by atoms with van der Waals surface area (Å²) in [6.45, 7) is 5.69. The van der Waals surface area contributed by atoms with Gasteiger partial charge < -0.3 is 15.2 Å². The Labute approximate surface area is 194 Å². The molecule has 0 unspecified atom stereocenters. The number of hydrogen-bond donors (Lipinski definition) is 3. The minimum absolute atomic E-state index is 0.00297. The number of aliphatic carboxylic acids is 2. The number of carboxylic acids is 2. The fourth-order valence-corrected chi connectivity index (χ4v) is 4.14. The number of carbonyl (C=O) groups is 2. The normalized spacial score (nSPS) is 18.2. The first-order valence-electron chi connectivity index (χ1n) is 10.0. The Bertz CT molecular complexity index is 811. The fourth-order valence-electron chi connectivity index (χ4n) is 3.21. The van der Waals surface area contributed by atoms with E-state index in [0.717, 1.165) is 31.4 Å². The van der Waals surface area contributed by atoms with Crippen molar-refractivity contribution < 1.29 is 46.1 Å². The second-order valence-electron chi connectivity index (χ2n) is 7.30. The second kappa shape index (κ2) is 13.6. The highest BCUT2D eigenvalue weighted by Crippen LogP contribution is 2.21. The molecule has 15 heteroatoms. The summed E-state index contributed by atoms with van der Waals surface area (Å²) in [6.07, 6.45) is -7.64. The molecular formula is C19H25F6N3O5S. The van der Waals surface area contributed by atoms with E-state index in [0.29, 0.717) is 0 Å². The lowest BCUT2D eigenvalue weighted by Crippen LogP contribution is -2.47. The van der Waals surface area contributed by atoms with Crippen molar-refractivity contribution in [2.45, 2.75) is 37.8 Å². The summed E-state index contributed by atoms with van der Waals surface area (Å²) in [7, 11) is 0. The first kappa shape index (κ1) is 29.8. The summed E-state index contributed by atoms with van der Waals surface area (Å²) in [6, 6.07) is 6.20. The predicted octanol–water partition coefficient (Wildman–Crippen LogP) is 2.65. The van der Waals surface area contributed by atoms with Crippen LogP contribution in [0.3, 0.4) is 0 Å². The van der Waals surface area contributed by atoms with Crippen molar-refractivity contribution in [2.75, 3.05) is 37.7 Å². The van der Waals surface area contributed by atoms with Gasteiger partial charge in [-0.05, 0) is 18.9 Å². The van der Waals surface area contributed by atoms with Crippen molar-refractivity contribution in [1.82, 2.24) is 14.8 Å². The number of likely N-dealkylation sites (tertiary alicyclic amines) is 1. The molecule has 34 heavy (non-hydrogen) atoms. The lowest BCUT2D eigenvalue weighted by atomic mass is 10.0. The number of H-pyrrole nitrogens is 1. The van der Waals surface area contributed by atoms with E-state index in [2.05, 4.69) is 26.5 Å². The number of nitrogens with one attached hydrogen (secondary N) is 1. The zero-order chi connectivity index (χ0) is 25.9. The van der Waals surface area contributed by atoms with E-state index in [4.69, 9.17) is 19.8 Å². The van der Waals surface area contributed by atoms with Gasteiger partial charge in [-0.15, -0.1) is 0 Å². The number of hydrogen-bond acceptors (Lipinski definition) is 6. The van der Waals surface area contributed by atoms with Gasteiger partial charge >= 0.3 is 24.3 Å². The van der Waals surface area contributed by atoms with E-state index < -0.39 is 24.3 Å². The van der Waals surface area contributed by atoms with Gasteiger partial charge in [-0.25, -0.2) is 9.59 Å². The van der Waals surface area contributed by atoms with E-state index in [1.54, 1.807) is 6.07 Å². The molecule has 0 saturated carbocycles. The van der Waals surface area contributed by atoms with Crippen LogP contribution in [0.25, 0.3) is 0 Å². The summed E-state index contributed by atoms with van der Waals surface area (Å²) < 4.78 is 63.5. The minimum atomic E-state index is -5.08. The van der Waals surface area contributed by atoms with Crippen LogP contribution in [0.5, 0.6) is 0 Å². The van der Waals surface area contributed by atoms with Crippen molar-refractivity contribution in [1.29, 1.82) is 0 Å². The Morgan fingerprint density at radius 2 is 1.41 bits per heavy atom. The Hall–Kier alpha value is -2.26. The Morgan fingerprint density at radius 3 is 1.82 bits per heavy atom. The molecule has 0 spiro atoms. The number of piperidine rings is 1. The highest BCUT2D eigenvalue weighted by Gasteiger charge is 2.38. The zero-order valence-corrected chi connectivity index (χ0v) is 18.7. The van der Waals surface area contributed by atoms with Gasteiger partial charge in [0.25, 0.3) is 0 Å². The summed E-state index contributed by atoms with van der Waals surface area (Å²) in [5.41, 5.74) is 1.04. The van der Waals surface area contributed by atoms with Gasteiger partial charge in [0, 0.05) is 62.0 Å². The Morgan fingerprint density at radius 1 is 0.941 bits per heavy atom. The van der Waals surface area contributed by atoms with Crippen LogP contribution in [-0.4, -0.2) is 93.0 Å². The molecule has 0 aromatic carbocycles. The SMILES string of the molecule is O=C(O)C(F)(F)F.O=C(O)C(F)(F)F.O=c1cccc(CN2CCC(N3CCSCC3)CC2)[nH]1. The van der Waals surface area contributed by atoms with Crippen LogP contribution in [0.2, 0.25) is 0 Å². The highest BCUT2D eigenvalue weighted by molar-refractivity contribution is 7.99. The summed E-state index contributed by atoms with van der Waals surface area (Å²) in [5, 5.41) is 14.2. The number of carboxylic acid groups (broad SMARTS) is 2. The quantitative estimate of drug-likeness (QED) is 0.521. The van der Waals surface area contributed by atoms with Gasteiger partial charge in [0.15, 0.2) is 0 Å². The van der Waals surface area contributed by atoms with Gasteiger partial charge in [0.05, 0.1) is 0 Å². The van der Waals surface area contributed by atoms with E-state index in [1.165, 1.54) is 37.4 Å². The molecule has 1 aromatic heterocycles. The maximum Gasteiger partial charge on any atom is 0.490 e. The van der Waals surface area contributed by atoms with Crippen LogP contribution in [0.1, 0.15) is 18.5 Å². The first-order valence-corrected chi connectivity index (χ1v) is 11.2. The molecule has 0 aliphatic carbocycles. The molecule has 0 amide bonds. The fraction of sp³-hybridized carbons (Fsp3) is 0.632. The molecule has 2 saturated heterocycles. The predicted molar refractivity (Wildman–Crippen MR) is 112 cm³/mol. The molecule has 3 N–H and O–H groups in total. The molecule has 2 fully saturated rings. The average molecular weight is 521 g/mol. The third-order valence-corrected chi connectivity index (χ3v) is 5.77. The second-order valence-corrected chi connectivity index (χ2v) is 8.53. The monoisotopic (exact) mass is 521 g/mol. The van der Waals surface area contributed by atoms with Gasteiger partial charge in [0.1, 0.15) is 0 Å². The minimum Gasteiger partial charge on any atom is -0.475 e. The smallest absolute Gasteiger partial charge is 0.475 e. The number of alkyl halides is 6. The van der Waals surface area contributed by atoms with Gasteiger partial charge in [-0.1, -0.05) is 6.07 Å². The van der Waals surface area contributed by atoms with E-state index in [1.807, 2.05) is 12.1 Å². The Kier molecular flexibility index (Phi) is 11.9. The number of rotatable bonds is 3. The van der Waals surface area contributed by atoms with E-state index in [9.17, 15) is 31.1 Å². The molecule has 3 heterocycles. The molecule has 2 aliphatic rings. The van der Waals surface area contributed by atoms with Crippen molar-refractivity contribution in [2.24, 2.45) is 0 Å². The van der Waals surface area contributed by atoms with Crippen molar-refractivity contribution in [3.05, 3.63) is 34.2 Å². The molecule has 0 radical (unpaired) electrons. The molecule has 0 bridgehead atoms. The van der Waals surface area contributed by atoms with Crippen LogP contribution in [0.15, 0.2) is 23.0 Å². The zero-order valence-electron chi connectivity index (χ0n) is 17.9. The third kappa shape index (κ3) is 11.7. The van der Waals surface area contributed by atoms with Crippen LogP contribution < -0.4 is 5.56 Å². The molecule has 2 aliphatic heterocycles. The maximum atomic E-state index is 11.3. The molecule has 3 rings (SSSR count). The number of thioether (sulfide) groups is 1. The molecule has 194 valence electrons. The van der Waals surface area contributed by atoms with Crippen LogP contribution in [0.4, 0.5) is 26.3 Å². The van der Waals surface area contributed by atoms with Gasteiger partial charge in [-0.3, -0.25) is 14.6 Å². The number of pyridine rings is 1. The molecule has 0 atom stereocenters. The van der Waals surface area contributed by atoms with E-state index >= 15 is 0 Å². The topological polar surface area (TPSA) is 114 Å². The standard InChI is InChI=1S/C15H23N3OS.2C2HF3O2/c19-15-3-1-2-13(16-15)12-17-6-4-14(5-7-17)18-8-10-20-11-9-18;2*3-2(4,5)1(6)7/h1-3,14H,4-12H2,(H,16,19);2*(H,6,7). The summed E-state index contributed by atoms with van der Waals surface area (Å²) in [5.74, 6) is -2.92. The van der Waals surface area contributed by atoms with Crippen LogP contribution in [-0.2, 0) is 16.1 Å².